The zero-order valence-corrected chi connectivity index (χ0v) is 20.0. The van der Waals surface area contributed by atoms with Crippen molar-refractivity contribution in [1.82, 2.24) is 13.9 Å². The summed E-state index contributed by atoms with van der Waals surface area (Å²) in [5.74, 6) is 0.517. The van der Waals surface area contributed by atoms with Gasteiger partial charge in [0, 0.05) is 32.4 Å². The van der Waals surface area contributed by atoms with Crippen LogP contribution in [0.4, 0.5) is 18.9 Å². The molecule has 4 rings (SSSR count). The maximum Gasteiger partial charge on any atom is 0.511 e. The summed E-state index contributed by atoms with van der Waals surface area (Å²) in [6, 6.07) is 4.50. The molecule has 33 heavy (non-hydrogen) atoms. The fourth-order valence-electron chi connectivity index (χ4n) is 5.02. The van der Waals surface area contributed by atoms with E-state index in [0.29, 0.717) is 39.5 Å². The molecule has 1 aliphatic heterocycles. The molecule has 1 atom stereocenters. The SMILES string of the molecule is Cn1cnc(CN2c3c(Cl)cccc3CN(S(=O)(=O)C(F)(F)F)C[C@@H]2CCC2CCCC2)c1. The number of hydrogen-bond donors (Lipinski definition) is 0. The Kier molecular flexibility index (Phi) is 6.98. The van der Waals surface area contributed by atoms with E-state index < -0.39 is 21.6 Å². The molecular formula is C22H28ClF3N4O2S. The molecule has 0 spiro atoms. The molecule has 1 fully saturated rings. The van der Waals surface area contributed by atoms with Crippen molar-refractivity contribution >= 4 is 27.3 Å². The molecule has 2 aromatic rings. The lowest BCUT2D eigenvalue weighted by molar-refractivity contribution is -0.0492. The van der Waals surface area contributed by atoms with Gasteiger partial charge in [0.1, 0.15) is 0 Å². The number of imidazole rings is 1. The van der Waals surface area contributed by atoms with Crippen LogP contribution in [0.5, 0.6) is 0 Å². The van der Waals surface area contributed by atoms with Gasteiger partial charge in [-0.1, -0.05) is 49.4 Å². The first-order valence-electron chi connectivity index (χ1n) is 11.1. The van der Waals surface area contributed by atoms with Crippen LogP contribution in [0.3, 0.4) is 0 Å². The van der Waals surface area contributed by atoms with E-state index in [1.807, 2.05) is 18.1 Å². The summed E-state index contributed by atoms with van der Waals surface area (Å²) in [4.78, 5) is 6.35. The Morgan fingerprint density at radius 3 is 2.55 bits per heavy atom. The maximum absolute atomic E-state index is 13.5. The van der Waals surface area contributed by atoms with E-state index >= 15 is 0 Å². The van der Waals surface area contributed by atoms with E-state index in [-0.39, 0.29) is 13.1 Å². The smallest absolute Gasteiger partial charge is 0.360 e. The average Bonchev–Trinajstić information content (AvgIpc) is 3.36. The molecule has 1 aliphatic carbocycles. The van der Waals surface area contributed by atoms with Crippen LogP contribution in [0.1, 0.15) is 49.8 Å². The Balaban J connectivity index is 1.75. The van der Waals surface area contributed by atoms with Crippen LogP contribution < -0.4 is 4.90 Å². The van der Waals surface area contributed by atoms with Crippen molar-refractivity contribution in [3.63, 3.8) is 0 Å². The van der Waals surface area contributed by atoms with E-state index in [1.54, 1.807) is 29.1 Å². The van der Waals surface area contributed by atoms with E-state index in [1.165, 1.54) is 0 Å². The minimum absolute atomic E-state index is 0.258. The first-order chi connectivity index (χ1) is 15.6. The zero-order valence-electron chi connectivity index (χ0n) is 18.4. The van der Waals surface area contributed by atoms with Crippen molar-refractivity contribution in [2.75, 3.05) is 11.4 Å². The number of halogens is 4. The van der Waals surface area contributed by atoms with Gasteiger partial charge in [-0.15, -0.1) is 0 Å². The highest BCUT2D eigenvalue weighted by atomic mass is 35.5. The molecular weight excluding hydrogens is 477 g/mol. The number of fused-ring (bicyclic) bond motifs is 1. The summed E-state index contributed by atoms with van der Waals surface area (Å²) in [5, 5.41) is 0.389. The van der Waals surface area contributed by atoms with Crippen molar-refractivity contribution in [1.29, 1.82) is 0 Å². The molecule has 0 radical (unpaired) electrons. The molecule has 6 nitrogen and oxygen atoms in total. The van der Waals surface area contributed by atoms with Gasteiger partial charge in [-0.05, 0) is 30.4 Å². The normalized spacial score (nSPS) is 20.8. The van der Waals surface area contributed by atoms with Crippen molar-refractivity contribution in [3.05, 3.63) is 47.0 Å². The number of alkyl halides is 3. The lowest BCUT2D eigenvalue weighted by atomic mass is 9.97. The summed E-state index contributed by atoms with van der Waals surface area (Å²) in [6.07, 6.45) is 9.46. The summed E-state index contributed by atoms with van der Waals surface area (Å²) < 4.78 is 67.9. The van der Waals surface area contributed by atoms with Crippen LogP contribution >= 0.6 is 11.6 Å². The molecule has 11 heteroatoms. The van der Waals surface area contributed by atoms with Gasteiger partial charge in [0.15, 0.2) is 0 Å². The summed E-state index contributed by atoms with van der Waals surface area (Å²) >= 11 is 6.57. The van der Waals surface area contributed by atoms with Crippen molar-refractivity contribution in [2.24, 2.45) is 13.0 Å². The lowest BCUT2D eigenvalue weighted by Gasteiger charge is -2.35. The predicted molar refractivity (Wildman–Crippen MR) is 121 cm³/mol. The van der Waals surface area contributed by atoms with Crippen molar-refractivity contribution in [2.45, 2.75) is 63.2 Å². The Morgan fingerprint density at radius 2 is 1.91 bits per heavy atom. The molecule has 0 saturated heterocycles. The number of rotatable bonds is 6. The van der Waals surface area contributed by atoms with Gasteiger partial charge in [-0.3, -0.25) is 0 Å². The van der Waals surface area contributed by atoms with Crippen molar-refractivity contribution in [3.8, 4) is 0 Å². The van der Waals surface area contributed by atoms with Gasteiger partial charge in [-0.25, -0.2) is 13.4 Å². The maximum atomic E-state index is 13.5. The van der Waals surface area contributed by atoms with Crippen LogP contribution in [0.25, 0.3) is 0 Å². The van der Waals surface area contributed by atoms with Crippen LogP contribution in [0, 0.1) is 5.92 Å². The fraction of sp³-hybridized carbons (Fsp3) is 0.591. The number of benzene rings is 1. The molecule has 0 N–H and O–H groups in total. The topological polar surface area (TPSA) is 58.4 Å². The molecule has 0 bridgehead atoms. The second-order valence-corrected chi connectivity index (χ2v) is 11.4. The van der Waals surface area contributed by atoms with Gasteiger partial charge >= 0.3 is 15.5 Å². The number of hydrogen-bond acceptors (Lipinski definition) is 4. The van der Waals surface area contributed by atoms with Gasteiger partial charge in [0.2, 0.25) is 0 Å². The van der Waals surface area contributed by atoms with E-state index in [0.717, 1.165) is 37.8 Å². The van der Waals surface area contributed by atoms with E-state index in [9.17, 15) is 21.6 Å². The number of nitrogens with zero attached hydrogens (tertiary/aromatic N) is 4. The second-order valence-electron chi connectivity index (χ2n) is 9.03. The summed E-state index contributed by atoms with van der Waals surface area (Å²) in [7, 11) is -3.65. The van der Waals surface area contributed by atoms with Gasteiger partial charge < -0.3 is 9.47 Å². The number of aromatic nitrogens is 2. The van der Waals surface area contributed by atoms with Gasteiger partial charge in [0.05, 0.1) is 29.3 Å². The summed E-state index contributed by atoms with van der Waals surface area (Å²) in [6.45, 7) is -0.310. The number of sulfonamides is 1. The molecule has 0 amide bonds. The number of aryl methyl sites for hydroxylation is 1. The number of para-hydroxylation sites is 1. The second kappa shape index (κ2) is 9.46. The predicted octanol–water partition coefficient (Wildman–Crippen LogP) is 5.08. The minimum atomic E-state index is -5.50. The third-order valence-electron chi connectivity index (χ3n) is 6.67. The van der Waals surface area contributed by atoms with Crippen LogP contribution in [0.2, 0.25) is 5.02 Å². The highest BCUT2D eigenvalue weighted by Crippen LogP contribution is 2.40. The van der Waals surface area contributed by atoms with E-state index in [4.69, 9.17) is 11.6 Å². The highest BCUT2D eigenvalue weighted by molar-refractivity contribution is 7.89. The minimum Gasteiger partial charge on any atom is -0.360 e. The molecule has 182 valence electrons. The monoisotopic (exact) mass is 504 g/mol. The quantitative estimate of drug-likeness (QED) is 0.550. The van der Waals surface area contributed by atoms with Crippen LogP contribution in [-0.4, -0.2) is 40.4 Å². The van der Waals surface area contributed by atoms with E-state index in [2.05, 4.69) is 4.98 Å². The highest BCUT2D eigenvalue weighted by Gasteiger charge is 2.51. The fourth-order valence-corrected chi connectivity index (χ4v) is 6.29. The summed E-state index contributed by atoms with van der Waals surface area (Å²) in [5.41, 5.74) is -3.59. The molecule has 1 aromatic heterocycles. The average molecular weight is 505 g/mol. The molecule has 0 unspecified atom stereocenters. The Bertz CT molecular complexity index is 1080. The molecule has 1 aromatic carbocycles. The lowest BCUT2D eigenvalue weighted by Crippen LogP contribution is -2.47. The first kappa shape index (κ1) is 24.3. The third-order valence-corrected chi connectivity index (χ3v) is 8.51. The Morgan fingerprint density at radius 1 is 1.18 bits per heavy atom. The molecule has 1 saturated carbocycles. The number of anilines is 1. The van der Waals surface area contributed by atoms with Crippen molar-refractivity contribution < 1.29 is 21.6 Å². The van der Waals surface area contributed by atoms with Crippen LogP contribution in [0.15, 0.2) is 30.7 Å². The largest absolute Gasteiger partial charge is 0.511 e. The Labute approximate surface area is 197 Å². The third kappa shape index (κ3) is 5.17. The standard InChI is InChI=1S/C22H28ClF3N4O2S/c1-28-12-18(27-15-28)13-30-19(10-9-16-5-2-3-6-16)14-29(33(31,32)22(24,25)26)11-17-7-4-8-20(23)21(17)30/h4,7-8,12,15-16,19H,2-3,5-6,9-11,13-14H2,1H3/t19-/m0/s1. The Hall–Kier alpha value is -1.78. The van der Waals surface area contributed by atoms with Crippen LogP contribution in [-0.2, 0) is 30.2 Å². The van der Waals surface area contributed by atoms with Gasteiger partial charge in [-0.2, -0.15) is 17.5 Å². The van der Waals surface area contributed by atoms with Gasteiger partial charge in [0.25, 0.3) is 0 Å². The molecule has 2 heterocycles. The molecule has 2 aliphatic rings. The first-order valence-corrected chi connectivity index (χ1v) is 13.0. The zero-order chi connectivity index (χ0) is 23.8.